The molecule has 0 N–H and O–H groups in total. The molecule has 2 aliphatic rings. The number of hydrogen-bond acceptors (Lipinski definition) is 6. The van der Waals surface area contributed by atoms with Gasteiger partial charge in [-0.3, -0.25) is 4.79 Å². The van der Waals surface area contributed by atoms with Gasteiger partial charge in [0.25, 0.3) is 0 Å². The predicted octanol–water partition coefficient (Wildman–Crippen LogP) is 2.06. The van der Waals surface area contributed by atoms with Crippen molar-refractivity contribution in [2.45, 2.75) is 32.2 Å². The van der Waals surface area contributed by atoms with Crippen LogP contribution in [0, 0.1) is 6.92 Å². The van der Waals surface area contributed by atoms with Crippen molar-refractivity contribution in [3.63, 3.8) is 0 Å². The molecule has 24 heavy (non-hydrogen) atoms. The van der Waals surface area contributed by atoms with Gasteiger partial charge in [-0.25, -0.2) is 0 Å². The average molecular weight is 329 g/mol. The predicted molar refractivity (Wildman–Crippen MR) is 83.9 cm³/mol. The van der Waals surface area contributed by atoms with E-state index in [-0.39, 0.29) is 11.9 Å². The summed E-state index contributed by atoms with van der Waals surface area (Å²) >= 11 is 0. The Bertz CT molecular complexity index is 758. The fourth-order valence-electron chi connectivity index (χ4n) is 3.26. The third-order valence-electron chi connectivity index (χ3n) is 4.38. The van der Waals surface area contributed by atoms with Crippen LogP contribution in [-0.4, -0.2) is 40.7 Å². The summed E-state index contributed by atoms with van der Waals surface area (Å²) in [5.41, 5.74) is 0.916. The quantitative estimate of drug-likeness (QED) is 0.858. The van der Waals surface area contributed by atoms with Gasteiger partial charge in [-0.1, -0.05) is 11.2 Å². The minimum atomic E-state index is -0.0906. The number of nitrogens with zero attached hydrogens (tertiary/aromatic N) is 3. The number of benzene rings is 1. The summed E-state index contributed by atoms with van der Waals surface area (Å²) < 4.78 is 16.2. The van der Waals surface area contributed by atoms with Crippen LogP contribution in [0.2, 0.25) is 0 Å². The zero-order chi connectivity index (χ0) is 16.5. The van der Waals surface area contributed by atoms with E-state index in [0.29, 0.717) is 37.1 Å². The Labute approximate surface area is 139 Å². The van der Waals surface area contributed by atoms with E-state index in [9.17, 15) is 4.79 Å². The van der Waals surface area contributed by atoms with Gasteiger partial charge in [-0.15, -0.1) is 0 Å². The maximum atomic E-state index is 12.7. The van der Waals surface area contributed by atoms with Crippen LogP contribution >= 0.6 is 0 Å². The molecular weight excluding hydrogens is 310 g/mol. The number of likely N-dealkylation sites (tertiary alicyclic amines) is 1. The Balaban J connectivity index is 1.49. The number of aromatic nitrogens is 2. The second-order valence-corrected chi connectivity index (χ2v) is 6.07. The lowest BCUT2D eigenvalue weighted by atomic mass is 10.1. The van der Waals surface area contributed by atoms with Gasteiger partial charge in [0.1, 0.15) is 13.2 Å². The monoisotopic (exact) mass is 329 g/mol. The maximum Gasteiger partial charge on any atom is 0.227 e. The van der Waals surface area contributed by atoms with Crippen molar-refractivity contribution in [1.29, 1.82) is 0 Å². The van der Waals surface area contributed by atoms with E-state index in [4.69, 9.17) is 14.0 Å². The molecule has 1 amide bonds. The van der Waals surface area contributed by atoms with E-state index < -0.39 is 0 Å². The topological polar surface area (TPSA) is 77.7 Å². The van der Waals surface area contributed by atoms with Gasteiger partial charge in [-0.2, -0.15) is 4.98 Å². The van der Waals surface area contributed by atoms with Crippen molar-refractivity contribution >= 4 is 5.91 Å². The smallest absolute Gasteiger partial charge is 0.227 e. The summed E-state index contributed by atoms with van der Waals surface area (Å²) in [7, 11) is 0. The van der Waals surface area contributed by atoms with Crippen LogP contribution in [0.3, 0.4) is 0 Å². The summed E-state index contributed by atoms with van der Waals surface area (Å²) in [5.74, 6) is 2.63. The molecule has 7 heteroatoms. The van der Waals surface area contributed by atoms with Crippen molar-refractivity contribution in [3.8, 4) is 11.5 Å². The number of aryl methyl sites for hydroxylation is 1. The minimum Gasteiger partial charge on any atom is -0.486 e. The maximum absolute atomic E-state index is 12.7. The first kappa shape index (κ1) is 15.0. The second-order valence-electron chi connectivity index (χ2n) is 6.07. The lowest BCUT2D eigenvalue weighted by Gasteiger charge is -2.23. The Kier molecular flexibility index (Phi) is 3.84. The highest BCUT2D eigenvalue weighted by Gasteiger charge is 2.33. The van der Waals surface area contributed by atoms with Crippen molar-refractivity contribution in [1.82, 2.24) is 15.0 Å². The summed E-state index contributed by atoms with van der Waals surface area (Å²) in [4.78, 5) is 18.9. The van der Waals surface area contributed by atoms with Crippen molar-refractivity contribution in [3.05, 3.63) is 35.5 Å². The van der Waals surface area contributed by atoms with Crippen LogP contribution in [0.15, 0.2) is 22.7 Å². The van der Waals surface area contributed by atoms with Gasteiger partial charge >= 0.3 is 0 Å². The molecule has 1 saturated heterocycles. The van der Waals surface area contributed by atoms with Crippen molar-refractivity contribution in [2.24, 2.45) is 0 Å². The third-order valence-corrected chi connectivity index (χ3v) is 4.38. The van der Waals surface area contributed by atoms with E-state index in [1.54, 1.807) is 6.92 Å². The number of amides is 1. The highest BCUT2D eigenvalue weighted by Crippen LogP contribution is 2.33. The van der Waals surface area contributed by atoms with E-state index >= 15 is 0 Å². The SMILES string of the molecule is Cc1nc(C2CCCN2C(=O)Cc2ccc3c(c2)OCCO3)no1. The molecule has 7 nitrogen and oxygen atoms in total. The van der Waals surface area contributed by atoms with E-state index in [2.05, 4.69) is 10.1 Å². The zero-order valence-electron chi connectivity index (χ0n) is 13.5. The van der Waals surface area contributed by atoms with E-state index in [1.165, 1.54) is 0 Å². The fraction of sp³-hybridized carbons (Fsp3) is 0.471. The van der Waals surface area contributed by atoms with Gasteiger partial charge in [0.2, 0.25) is 11.8 Å². The summed E-state index contributed by atoms with van der Waals surface area (Å²) in [6, 6.07) is 5.57. The number of carbonyl (C=O) groups is 1. The van der Waals surface area contributed by atoms with Gasteiger partial charge in [-0.05, 0) is 30.5 Å². The summed E-state index contributed by atoms with van der Waals surface area (Å²) in [6.07, 6.45) is 2.14. The molecule has 0 saturated carbocycles. The Hall–Kier alpha value is -2.57. The molecule has 0 aliphatic carbocycles. The van der Waals surface area contributed by atoms with Gasteiger partial charge in [0.15, 0.2) is 17.3 Å². The van der Waals surface area contributed by atoms with Crippen LogP contribution in [0.5, 0.6) is 11.5 Å². The van der Waals surface area contributed by atoms with E-state index in [1.807, 2.05) is 23.1 Å². The lowest BCUT2D eigenvalue weighted by molar-refractivity contribution is -0.131. The standard InChI is InChI=1S/C17H19N3O4/c1-11-18-17(19-24-11)13-3-2-6-20(13)16(21)10-12-4-5-14-15(9-12)23-8-7-22-14/h4-5,9,13H,2-3,6-8,10H2,1H3. The molecule has 126 valence electrons. The first-order valence-corrected chi connectivity index (χ1v) is 8.19. The van der Waals surface area contributed by atoms with Crippen LogP contribution < -0.4 is 9.47 Å². The number of rotatable bonds is 3. The number of ether oxygens (including phenoxy) is 2. The minimum absolute atomic E-state index is 0.0663. The van der Waals surface area contributed by atoms with Crippen molar-refractivity contribution < 1.29 is 18.8 Å². The van der Waals surface area contributed by atoms with Crippen LogP contribution in [0.1, 0.15) is 36.2 Å². The normalized spacial score (nSPS) is 19.5. The molecule has 0 radical (unpaired) electrons. The first-order chi connectivity index (χ1) is 11.7. The third kappa shape index (κ3) is 2.81. The van der Waals surface area contributed by atoms with Crippen molar-refractivity contribution in [2.75, 3.05) is 19.8 Å². The molecule has 1 atom stereocenters. The van der Waals surface area contributed by atoms with Crippen LogP contribution in [0.25, 0.3) is 0 Å². The van der Waals surface area contributed by atoms with Crippen LogP contribution in [-0.2, 0) is 11.2 Å². The zero-order valence-corrected chi connectivity index (χ0v) is 13.5. The first-order valence-electron chi connectivity index (χ1n) is 8.19. The molecule has 0 bridgehead atoms. The molecule has 2 aliphatic heterocycles. The highest BCUT2D eigenvalue weighted by molar-refractivity contribution is 5.79. The Morgan fingerprint density at radius 3 is 2.92 bits per heavy atom. The van der Waals surface area contributed by atoms with Gasteiger partial charge in [0.05, 0.1) is 12.5 Å². The fourth-order valence-corrected chi connectivity index (χ4v) is 3.26. The molecule has 1 aromatic carbocycles. The number of hydrogen-bond donors (Lipinski definition) is 0. The molecule has 4 rings (SSSR count). The molecule has 0 spiro atoms. The molecule has 3 heterocycles. The summed E-state index contributed by atoms with van der Waals surface area (Å²) in [5, 5.41) is 3.98. The Morgan fingerprint density at radius 2 is 2.12 bits per heavy atom. The number of fused-ring (bicyclic) bond motifs is 1. The summed E-state index contributed by atoms with van der Waals surface area (Å²) in [6.45, 7) is 3.58. The molecule has 1 aromatic heterocycles. The lowest BCUT2D eigenvalue weighted by Crippen LogP contribution is -2.32. The molecule has 1 unspecified atom stereocenters. The van der Waals surface area contributed by atoms with Gasteiger partial charge < -0.3 is 18.9 Å². The molecular formula is C17H19N3O4. The largest absolute Gasteiger partial charge is 0.486 e. The van der Waals surface area contributed by atoms with Gasteiger partial charge in [0, 0.05) is 13.5 Å². The number of carbonyl (C=O) groups excluding carboxylic acids is 1. The highest BCUT2D eigenvalue weighted by atomic mass is 16.6. The average Bonchev–Trinajstić information content (AvgIpc) is 3.23. The van der Waals surface area contributed by atoms with E-state index in [0.717, 1.165) is 30.7 Å². The molecule has 2 aromatic rings. The van der Waals surface area contributed by atoms with Crippen LogP contribution in [0.4, 0.5) is 0 Å². The second kappa shape index (κ2) is 6.14. The Morgan fingerprint density at radius 1 is 1.29 bits per heavy atom. The molecule has 1 fully saturated rings.